The van der Waals surface area contributed by atoms with E-state index in [0.29, 0.717) is 11.6 Å². The molecule has 1 saturated heterocycles. The molecule has 1 aliphatic rings. The molecule has 0 bridgehead atoms. The van der Waals surface area contributed by atoms with Crippen LogP contribution >= 0.6 is 11.6 Å². The Morgan fingerprint density at radius 1 is 1.37 bits per heavy atom. The third kappa shape index (κ3) is 5.59. The first-order chi connectivity index (χ1) is 13.1. The van der Waals surface area contributed by atoms with Crippen LogP contribution in [0.4, 0.5) is 11.4 Å². The van der Waals surface area contributed by atoms with Gasteiger partial charge in [0.05, 0.1) is 18.4 Å². The van der Waals surface area contributed by atoms with E-state index < -0.39 is 0 Å². The highest BCUT2D eigenvalue weighted by Crippen LogP contribution is 2.23. The quantitative estimate of drug-likeness (QED) is 0.541. The van der Waals surface area contributed by atoms with E-state index in [-0.39, 0.29) is 18.5 Å². The first kappa shape index (κ1) is 19.0. The minimum Gasteiger partial charge on any atom is -0.369 e. The van der Waals surface area contributed by atoms with Crippen LogP contribution in [0.2, 0.25) is 5.02 Å². The van der Waals surface area contributed by atoms with Gasteiger partial charge in [0.15, 0.2) is 5.96 Å². The van der Waals surface area contributed by atoms with Crippen LogP contribution in [0.25, 0.3) is 0 Å². The second-order valence-electron chi connectivity index (χ2n) is 6.27. The minimum absolute atomic E-state index is 0.124. The molecule has 0 radical (unpaired) electrons. The number of carbonyl (C=O) groups excluding carboxylic acids is 1. The van der Waals surface area contributed by atoms with Crippen LogP contribution in [-0.4, -0.2) is 49.6 Å². The summed E-state index contributed by atoms with van der Waals surface area (Å²) in [5.41, 5.74) is 1.78. The maximum Gasteiger partial charge on any atom is 0.243 e. The van der Waals surface area contributed by atoms with Crippen molar-refractivity contribution >= 4 is 34.8 Å². The lowest BCUT2D eigenvalue weighted by atomic mass is 10.3. The fourth-order valence-corrected chi connectivity index (χ4v) is 3.16. The molecule has 142 valence electrons. The zero-order chi connectivity index (χ0) is 19.1. The van der Waals surface area contributed by atoms with Crippen LogP contribution in [0, 0.1) is 0 Å². The summed E-state index contributed by atoms with van der Waals surface area (Å²) in [6.45, 7) is 1.92. The predicted molar refractivity (Wildman–Crippen MR) is 109 cm³/mol. The van der Waals surface area contributed by atoms with Gasteiger partial charge in [0.1, 0.15) is 0 Å². The van der Waals surface area contributed by atoms with Gasteiger partial charge in [0, 0.05) is 43.1 Å². The van der Waals surface area contributed by atoms with Crippen LogP contribution in [0.5, 0.6) is 0 Å². The zero-order valence-corrected chi connectivity index (χ0v) is 15.9. The van der Waals surface area contributed by atoms with Crippen molar-refractivity contribution in [3.8, 4) is 0 Å². The highest BCUT2D eigenvalue weighted by molar-refractivity contribution is 6.30. The molecule has 2 aromatic rings. The molecule has 1 aliphatic heterocycles. The van der Waals surface area contributed by atoms with E-state index in [2.05, 4.69) is 36.9 Å². The van der Waals surface area contributed by atoms with Gasteiger partial charge in [0.25, 0.3) is 0 Å². The molecule has 1 amide bonds. The Morgan fingerprint density at radius 3 is 3.00 bits per heavy atom. The topological polar surface area (TPSA) is 81.6 Å². The molecule has 7 nitrogen and oxygen atoms in total. The van der Waals surface area contributed by atoms with Gasteiger partial charge in [-0.1, -0.05) is 17.7 Å². The van der Waals surface area contributed by atoms with Crippen LogP contribution in [0.3, 0.4) is 0 Å². The van der Waals surface area contributed by atoms with Crippen LogP contribution in [0.15, 0.2) is 53.8 Å². The second-order valence-corrected chi connectivity index (χ2v) is 6.71. The predicted octanol–water partition coefficient (Wildman–Crippen LogP) is 2.12. The minimum atomic E-state index is -0.155. The molecule has 1 atom stereocenters. The smallest absolute Gasteiger partial charge is 0.243 e. The zero-order valence-electron chi connectivity index (χ0n) is 15.2. The number of rotatable bonds is 5. The number of guanidine groups is 1. The van der Waals surface area contributed by atoms with Crippen molar-refractivity contribution in [2.24, 2.45) is 4.99 Å². The third-order valence-corrected chi connectivity index (χ3v) is 4.52. The molecule has 0 saturated carbocycles. The van der Waals surface area contributed by atoms with Crippen molar-refractivity contribution < 1.29 is 4.79 Å². The number of nitrogens with zero attached hydrogens (tertiary/aromatic N) is 3. The van der Waals surface area contributed by atoms with E-state index in [1.165, 1.54) is 0 Å². The Bertz CT molecular complexity index is 798. The van der Waals surface area contributed by atoms with E-state index in [1.807, 2.05) is 18.2 Å². The highest BCUT2D eigenvalue weighted by atomic mass is 35.5. The summed E-state index contributed by atoms with van der Waals surface area (Å²) >= 11 is 6.08. The van der Waals surface area contributed by atoms with Crippen molar-refractivity contribution in [1.82, 2.24) is 15.6 Å². The molecule has 0 aliphatic carbocycles. The van der Waals surface area contributed by atoms with Gasteiger partial charge < -0.3 is 20.9 Å². The van der Waals surface area contributed by atoms with Gasteiger partial charge >= 0.3 is 0 Å². The number of aromatic nitrogens is 1. The number of anilines is 2. The van der Waals surface area contributed by atoms with Crippen molar-refractivity contribution in [3.63, 3.8) is 0 Å². The summed E-state index contributed by atoms with van der Waals surface area (Å²) < 4.78 is 0. The molecule has 2 heterocycles. The molecule has 27 heavy (non-hydrogen) atoms. The maximum atomic E-state index is 12.0. The number of nitrogens with one attached hydrogen (secondary N) is 3. The summed E-state index contributed by atoms with van der Waals surface area (Å²) in [5, 5.41) is 9.94. The number of halogens is 1. The van der Waals surface area contributed by atoms with E-state index in [4.69, 9.17) is 11.6 Å². The Morgan fingerprint density at radius 2 is 2.26 bits per heavy atom. The summed E-state index contributed by atoms with van der Waals surface area (Å²) in [6.07, 6.45) is 4.25. The van der Waals surface area contributed by atoms with E-state index in [1.54, 1.807) is 31.6 Å². The molecule has 1 aromatic heterocycles. The summed E-state index contributed by atoms with van der Waals surface area (Å²) in [7, 11) is 1.69. The van der Waals surface area contributed by atoms with Crippen molar-refractivity contribution in [1.29, 1.82) is 0 Å². The Hall–Kier alpha value is -2.80. The molecule has 1 aromatic carbocycles. The second kappa shape index (κ2) is 9.23. The molecule has 3 N–H and O–H groups in total. The average Bonchev–Trinajstić information content (AvgIpc) is 3.14. The number of aliphatic imine (C=N–C) groups is 1. The molecular formula is C19H23ClN6O. The van der Waals surface area contributed by atoms with Gasteiger partial charge in [-0.15, -0.1) is 0 Å². The third-order valence-electron chi connectivity index (χ3n) is 4.29. The summed E-state index contributed by atoms with van der Waals surface area (Å²) in [6, 6.07) is 11.7. The molecule has 0 spiro atoms. The van der Waals surface area contributed by atoms with E-state index >= 15 is 0 Å². The van der Waals surface area contributed by atoms with Gasteiger partial charge in [0.2, 0.25) is 5.91 Å². The van der Waals surface area contributed by atoms with Gasteiger partial charge in [-0.05, 0) is 36.8 Å². The fourth-order valence-electron chi connectivity index (χ4n) is 2.98. The molecule has 1 unspecified atom stereocenters. The number of hydrogen-bond acceptors (Lipinski definition) is 4. The molecule has 1 fully saturated rings. The summed E-state index contributed by atoms with van der Waals surface area (Å²) in [4.78, 5) is 22.5. The summed E-state index contributed by atoms with van der Waals surface area (Å²) in [5.74, 6) is 0.451. The Labute approximate surface area is 163 Å². The fraction of sp³-hybridized carbons (Fsp3) is 0.316. The van der Waals surface area contributed by atoms with Crippen LogP contribution < -0.4 is 20.9 Å². The normalized spacial score (nSPS) is 16.9. The Kier molecular flexibility index (Phi) is 6.49. The molecular weight excluding hydrogens is 364 g/mol. The average molecular weight is 387 g/mol. The number of hydrogen-bond donors (Lipinski definition) is 3. The standard InChI is InChI=1S/C19H23ClN6O/c1-21-19(23-12-18(27)24-15-5-3-8-22-11-15)25-16-7-9-26(13-16)17-6-2-4-14(20)10-17/h2-6,8,10-11,16H,7,9,12-13H2,1H3,(H,24,27)(H2,21,23,25). The maximum absolute atomic E-state index is 12.0. The number of carbonyl (C=O) groups is 1. The lowest BCUT2D eigenvalue weighted by molar-refractivity contribution is -0.115. The number of amides is 1. The largest absolute Gasteiger partial charge is 0.369 e. The van der Waals surface area contributed by atoms with E-state index in [0.717, 1.165) is 30.2 Å². The van der Waals surface area contributed by atoms with Crippen molar-refractivity contribution in [2.75, 3.05) is 36.9 Å². The molecule has 3 rings (SSSR count). The first-order valence-corrected chi connectivity index (χ1v) is 9.19. The monoisotopic (exact) mass is 386 g/mol. The van der Waals surface area contributed by atoms with Gasteiger partial charge in [-0.2, -0.15) is 0 Å². The van der Waals surface area contributed by atoms with Crippen molar-refractivity contribution in [2.45, 2.75) is 12.5 Å². The van der Waals surface area contributed by atoms with Crippen molar-refractivity contribution in [3.05, 3.63) is 53.8 Å². The highest BCUT2D eigenvalue weighted by Gasteiger charge is 2.23. The SMILES string of the molecule is CN=C(NCC(=O)Nc1cccnc1)NC1CCN(c2cccc(Cl)c2)C1. The van der Waals surface area contributed by atoms with E-state index in [9.17, 15) is 4.79 Å². The lowest BCUT2D eigenvalue weighted by Gasteiger charge is -2.20. The number of pyridine rings is 1. The number of benzene rings is 1. The molecule has 8 heteroatoms. The lowest BCUT2D eigenvalue weighted by Crippen LogP contribution is -2.46. The first-order valence-electron chi connectivity index (χ1n) is 8.81. The van der Waals surface area contributed by atoms with Crippen LogP contribution in [-0.2, 0) is 4.79 Å². The van der Waals surface area contributed by atoms with Gasteiger partial charge in [-0.25, -0.2) is 0 Å². The van der Waals surface area contributed by atoms with Crippen LogP contribution in [0.1, 0.15) is 6.42 Å². The van der Waals surface area contributed by atoms with Gasteiger partial charge in [-0.3, -0.25) is 14.8 Å². The Balaban J connectivity index is 1.46.